The first kappa shape index (κ1) is 21.8. The molecule has 1 N–H and O–H groups in total. The zero-order valence-corrected chi connectivity index (χ0v) is 17.9. The van der Waals surface area contributed by atoms with Gasteiger partial charge in [0, 0.05) is 13.1 Å². The molecule has 2 unspecified atom stereocenters. The van der Waals surface area contributed by atoms with Gasteiger partial charge >= 0.3 is 5.97 Å². The molecule has 8 heteroatoms. The minimum absolute atomic E-state index is 0.0687. The summed E-state index contributed by atoms with van der Waals surface area (Å²) in [5.74, 6) is -0.839. The van der Waals surface area contributed by atoms with Crippen LogP contribution in [0.3, 0.4) is 0 Å². The van der Waals surface area contributed by atoms with Gasteiger partial charge < -0.3 is 19.7 Å². The van der Waals surface area contributed by atoms with Crippen LogP contribution >= 0.6 is 11.3 Å². The summed E-state index contributed by atoms with van der Waals surface area (Å²) in [7, 11) is 0. The lowest BCUT2D eigenvalue weighted by atomic mass is 9.98. The van der Waals surface area contributed by atoms with Gasteiger partial charge in [-0.3, -0.25) is 14.4 Å². The first-order valence-corrected chi connectivity index (χ1v) is 10.9. The lowest BCUT2D eigenvalue weighted by Crippen LogP contribution is -2.43. The van der Waals surface area contributed by atoms with Gasteiger partial charge in [0.05, 0.1) is 23.1 Å². The fourth-order valence-electron chi connectivity index (χ4n) is 3.32. The van der Waals surface area contributed by atoms with E-state index >= 15 is 0 Å². The number of likely N-dealkylation sites (tertiary alicyclic amines) is 1. The Labute approximate surface area is 180 Å². The Bertz CT molecular complexity index is 883. The van der Waals surface area contributed by atoms with Crippen molar-refractivity contribution in [3.05, 3.63) is 46.7 Å². The van der Waals surface area contributed by atoms with Crippen LogP contribution < -0.4 is 10.1 Å². The van der Waals surface area contributed by atoms with E-state index in [2.05, 4.69) is 5.32 Å². The maximum atomic E-state index is 12.6. The van der Waals surface area contributed by atoms with Gasteiger partial charge in [0.2, 0.25) is 0 Å². The maximum Gasteiger partial charge on any atom is 0.311 e. The van der Waals surface area contributed by atoms with Gasteiger partial charge in [-0.2, -0.15) is 0 Å². The van der Waals surface area contributed by atoms with Gasteiger partial charge in [0.1, 0.15) is 5.75 Å². The molecule has 1 aromatic heterocycles. The molecule has 2 aromatic rings. The van der Waals surface area contributed by atoms with Gasteiger partial charge in [-0.15, -0.1) is 11.3 Å². The molecule has 30 heavy (non-hydrogen) atoms. The smallest absolute Gasteiger partial charge is 0.311 e. The number of anilines is 1. The van der Waals surface area contributed by atoms with Crippen molar-refractivity contribution in [2.75, 3.05) is 25.0 Å². The third-order valence-corrected chi connectivity index (χ3v) is 5.74. The lowest BCUT2D eigenvalue weighted by Gasteiger charge is -2.31. The molecular formula is C22H26N2O5S. The molecule has 1 aromatic carbocycles. The highest BCUT2D eigenvalue weighted by Crippen LogP contribution is 2.25. The molecule has 0 radical (unpaired) electrons. The number of amides is 2. The SMILES string of the molecule is CCOc1ccccc1NC(=O)C(C)OC(=O)C1CCCN(C(=O)c2cccs2)C1. The maximum absolute atomic E-state index is 12.6. The van der Waals surface area contributed by atoms with E-state index in [0.29, 0.717) is 42.4 Å². The summed E-state index contributed by atoms with van der Waals surface area (Å²) in [6.45, 7) is 4.79. The number of piperidine rings is 1. The molecule has 7 nitrogen and oxygen atoms in total. The molecule has 2 heterocycles. The van der Waals surface area contributed by atoms with Crippen LogP contribution in [0, 0.1) is 5.92 Å². The molecule has 1 saturated heterocycles. The molecule has 1 aliphatic rings. The topological polar surface area (TPSA) is 84.9 Å². The molecule has 1 aliphatic heterocycles. The second-order valence-electron chi connectivity index (χ2n) is 7.07. The molecule has 2 amide bonds. The highest BCUT2D eigenvalue weighted by molar-refractivity contribution is 7.12. The first-order valence-electron chi connectivity index (χ1n) is 10.1. The molecule has 0 bridgehead atoms. The van der Waals surface area contributed by atoms with Crippen LogP contribution in [0.5, 0.6) is 5.75 Å². The predicted molar refractivity (Wildman–Crippen MR) is 115 cm³/mol. The number of hydrogen-bond donors (Lipinski definition) is 1. The Balaban J connectivity index is 1.55. The lowest BCUT2D eigenvalue weighted by molar-refractivity contribution is -0.158. The van der Waals surface area contributed by atoms with Crippen LogP contribution in [0.25, 0.3) is 0 Å². The molecule has 1 fully saturated rings. The van der Waals surface area contributed by atoms with Gasteiger partial charge in [-0.25, -0.2) is 0 Å². The van der Waals surface area contributed by atoms with E-state index in [1.54, 1.807) is 29.2 Å². The number of rotatable bonds is 7. The van der Waals surface area contributed by atoms with Crippen molar-refractivity contribution in [3.63, 3.8) is 0 Å². The van der Waals surface area contributed by atoms with E-state index < -0.39 is 23.9 Å². The summed E-state index contributed by atoms with van der Waals surface area (Å²) in [4.78, 5) is 40.0. The number of carbonyl (C=O) groups is 3. The van der Waals surface area contributed by atoms with Crippen LogP contribution in [0.4, 0.5) is 5.69 Å². The van der Waals surface area contributed by atoms with Crippen LogP contribution in [0.1, 0.15) is 36.4 Å². The Morgan fingerprint density at radius 2 is 2.03 bits per heavy atom. The summed E-state index contributed by atoms with van der Waals surface area (Å²) >= 11 is 1.38. The zero-order valence-electron chi connectivity index (χ0n) is 17.1. The van der Waals surface area contributed by atoms with Crippen molar-refractivity contribution in [1.29, 1.82) is 0 Å². The van der Waals surface area contributed by atoms with E-state index in [0.717, 1.165) is 6.42 Å². The van der Waals surface area contributed by atoms with Crippen molar-refractivity contribution in [3.8, 4) is 5.75 Å². The molecular weight excluding hydrogens is 404 g/mol. The number of nitrogens with zero attached hydrogens (tertiary/aromatic N) is 1. The summed E-state index contributed by atoms with van der Waals surface area (Å²) in [6, 6.07) is 10.7. The summed E-state index contributed by atoms with van der Waals surface area (Å²) in [5, 5.41) is 4.60. The largest absolute Gasteiger partial charge is 0.492 e. The van der Waals surface area contributed by atoms with Gasteiger partial charge in [0.15, 0.2) is 6.10 Å². The van der Waals surface area contributed by atoms with Crippen molar-refractivity contribution in [2.45, 2.75) is 32.8 Å². The fourth-order valence-corrected chi connectivity index (χ4v) is 4.01. The monoisotopic (exact) mass is 430 g/mol. The normalized spacial score (nSPS) is 17.1. The van der Waals surface area contributed by atoms with Crippen molar-refractivity contribution in [1.82, 2.24) is 4.90 Å². The van der Waals surface area contributed by atoms with Crippen molar-refractivity contribution < 1.29 is 23.9 Å². The molecule has 0 saturated carbocycles. The number of esters is 1. The number of thiophene rings is 1. The molecule has 0 aliphatic carbocycles. The average molecular weight is 431 g/mol. The van der Waals surface area contributed by atoms with E-state index in [9.17, 15) is 14.4 Å². The Kier molecular flexibility index (Phi) is 7.46. The Hall–Kier alpha value is -2.87. The number of benzene rings is 1. The quantitative estimate of drug-likeness (QED) is 0.679. The highest BCUT2D eigenvalue weighted by atomic mass is 32.1. The molecule has 160 valence electrons. The van der Waals surface area contributed by atoms with E-state index in [-0.39, 0.29) is 5.91 Å². The summed E-state index contributed by atoms with van der Waals surface area (Å²) in [5.41, 5.74) is 0.526. The summed E-state index contributed by atoms with van der Waals surface area (Å²) < 4.78 is 10.9. The van der Waals surface area contributed by atoms with Crippen LogP contribution in [-0.4, -0.2) is 48.5 Å². The Morgan fingerprint density at radius 1 is 1.23 bits per heavy atom. The first-order chi connectivity index (χ1) is 14.5. The Morgan fingerprint density at radius 3 is 2.77 bits per heavy atom. The molecule has 3 rings (SSSR count). The van der Waals surface area contributed by atoms with Crippen LogP contribution in [0.2, 0.25) is 0 Å². The van der Waals surface area contributed by atoms with Gasteiger partial charge in [0.25, 0.3) is 11.8 Å². The van der Waals surface area contributed by atoms with E-state index in [1.807, 2.05) is 24.4 Å². The van der Waals surface area contributed by atoms with Crippen LogP contribution in [0.15, 0.2) is 41.8 Å². The average Bonchev–Trinajstić information content (AvgIpc) is 3.29. The van der Waals surface area contributed by atoms with Gasteiger partial charge in [-0.05, 0) is 50.3 Å². The predicted octanol–water partition coefficient (Wildman–Crippen LogP) is 3.57. The summed E-state index contributed by atoms with van der Waals surface area (Å²) in [6.07, 6.45) is 0.392. The molecule has 2 atom stereocenters. The minimum atomic E-state index is -0.962. The number of para-hydroxylation sites is 2. The van der Waals surface area contributed by atoms with Crippen molar-refractivity contribution in [2.24, 2.45) is 5.92 Å². The number of nitrogens with one attached hydrogen (secondary N) is 1. The number of hydrogen-bond acceptors (Lipinski definition) is 6. The van der Waals surface area contributed by atoms with E-state index in [4.69, 9.17) is 9.47 Å². The third kappa shape index (κ3) is 5.38. The second-order valence-corrected chi connectivity index (χ2v) is 8.01. The van der Waals surface area contributed by atoms with E-state index in [1.165, 1.54) is 18.3 Å². The minimum Gasteiger partial charge on any atom is -0.492 e. The fraction of sp³-hybridized carbons (Fsp3) is 0.409. The number of ether oxygens (including phenoxy) is 2. The van der Waals surface area contributed by atoms with Crippen LogP contribution in [-0.2, 0) is 14.3 Å². The number of carbonyl (C=O) groups excluding carboxylic acids is 3. The van der Waals surface area contributed by atoms with Gasteiger partial charge in [-0.1, -0.05) is 18.2 Å². The zero-order chi connectivity index (χ0) is 21.5. The van der Waals surface area contributed by atoms with Crippen molar-refractivity contribution >= 4 is 34.8 Å². The second kappa shape index (κ2) is 10.2. The highest BCUT2D eigenvalue weighted by Gasteiger charge is 2.32. The molecule has 0 spiro atoms. The standard InChI is InChI=1S/C22H26N2O5S/c1-3-28-18-10-5-4-9-17(18)23-20(25)15(2)29-22(27)16-8-6-12-24(14-16)21(26)19-11-7-13-30-19/h4-5,7,9-11,13,15-16H,3,6,8,12,14H2,1-2H3,(H,23,25). The third-order valence-electron chi connectivity index (χ3n) is 4.88.